The molecule has 1 fully saturated rings. The maximum Gasteiger partial charge on any atom is 0.161 e. The number of nitrogens with zero attached hydrogens (tertiary/aromatic N) is 3. The first-order valence-electron chi connectivity index (χ1n) is 9.92. The van der Waals surface area contributed by atoms with Crippen LogP contribution in [0.5, 0.6) is 0 Å². The van der Waals surface area contributed by atoms with Gasteiger partial charge in [-0.15, -0.1) is 0 Å². The van der Waals surface area contributed by atoms with Crippen molar-refractivity contribution in [3.63, 3.8) is 0 Å². The molecule has 4 heterocycles. The van der Waals surface area contributed by atoms with Gasteiger partial charge in [0.25, 0.3) is 0 Å². The van der Waals surface area contributed by atoms with Crippen LogP contribution in [0.3, 0.4) is 0 Å². The van der Waals surface area contributed by atoms with Gasteiger partial charge in [-0.1, -0.05) is 48.5 Å². The van der Waals surface area contributed by atoms with Gasteiger partial charge in [0.15, 0.2) is 5.17 Å². The molecule has 148 valence electrons. The Labute approximate surface area is 180 Å². The van der Waals surface area contributed by atoms with Crippen molar-refractivity contribution in [2.45, 2.75) is 38.4 Å². The van der Waals surface area contributed by atoms with Crippen LogP contribution in [0.25, 0.3) is 11.3 Å². The molecule has 0 radical (unpaired) electrons. The van der Waals surface area contributed by atoms with Crippen molar-refractivity contribution in [1.29, 1.82) is 0 Å². The lowest BCUT2D eigenvalue weighted by Gasteiger charge is -2.30. The van der Waals surface area contributed by atoms with Gasteiger partial charge in [-0.3, -0.25) is 4.98 Å². The number of amidine groups is 1. The number of fused-ring (bicyclic) bond motifs is 1. The molecule has 2 aliphatic heterocycles. The molecule has 0 spiro atoms. The van der Waals surface area contributed by atoms with Crippen molar-refractivity contribution in [3.05, 3.63) is 76.8 Å². The minimum atomic E-state index is -0.0625. The Balaban J connectivity index is 1.57. The van der Waals surface area contributed by atoms with Crippen molar-refractivity contribution in [2.24, 2.45) is 4.99 Å². The molecule has 3 aromatic rings. The van der Waals surface area contributed by atoms with Gasteiger partial charge in [0.2, 0.25) is 0 Å². The lowest BCUT2D eigenvalue weighted by atomic mass is 10.0. The summed E-state index contributed by atoms with van der Waals surface area (Å²) in [5.41, 5.74) is 3.04. The van der Waals surface area contributed by atoms with E-state index in [1.807, 2.05) is 55.2 Å². The van der Waals surface area contributed by atoms with E-state index >= 15 is 0 Å². The first-order valence-corrected chi connectivity index (χ1v) is 11.3. The van der Waals surface area contributed by atoms with Crippen LogP contribution in [-0.4, -0.2) is 26.8 Å². The summed E-state index contributed by atoms with van der Waals surface area (Å²) in [6.07, 6.45) is 2.92. The smallest absolute Gasteiger partial charge is 0.161 e. The molecule has 6 heteroatoms. The summed E-state index contributed by atoms with van der Waals surface area (Å²) in [6.45, 7) is 4.26. The minimum absolute atomic E-state index is 0.0214. The molecule has 0 bridgehead atoms. The molecule has 0 saturated carbocycles. The third-order valence-corrected chi connectivity index (χ3v) is 7.32. The van der Waals surface area contributed by atoms with E-state index in [2.05, 4.69) is 35.0 Å². The quantitative estimate of drug-likeness (QED) is 0.495. The summed E-state index contributed by atoms with van der Waals surface area (Å²) in [6, 6.07) is 16.5. The van der Waals surface area contributed by atoms with Gasteiger partial charge in [-0.2, -0.15) is 0 Å². The summed E-state index contributed by atoms with van der Waals surface area (Å²) in [5.74, 6) is 2.84. The molecule has 29 heavy (non-hydrogen) atoms. The Hall–Kier alpha value is -2.24. The van der Waals surface area contributed by atoms with E-state index < -0.39 is 0 Å². The third-order valence-electron chi connectivity index (χ3n) is 5.78. The molecule has 2 aromatic heterocycles. The van der Waals surface area contributed by atoms with Gasteiger partial charge in [-0.25, -0.2) is 4.99 Å². The van der Waals surface area contributed by atoms with Crippen LogP contribution >= 0.6 is 23.4 Å². The van der Waals surface area contributed by atoms with Crippen LogP contribution in [-0.2, 0) is 0 Å². The fourth-order valence-electron chi connectivity index (χ4n) is 4.19. The maximum absolute atomic E-state index is 6.43. The van der Waals surface area contributed by atoms with Crippen molar-refractivity contribution < 1.29 is 4.42 Å². The molecule has 1 saturated heterocycles. The number of benzene rings is 1. The predicted octanol–water partition coefficient (Wildman–Crippen LogP) is 6.28. The molecule has 0 unspecified atom stereocenters. The van der Waals surface area contributed by atoms with Gasteiger partial charge >= 0.3 is 0 Å². The minimum Gasteiger partial charge on any atom is -0.459 e. The molecule has 0 aliphatic carbocycles. The van der Waals surface area contributed by atoms with Crippen LogP contribution in [0.1, 0.15) is 42.4 Å². The van der Waals surface area contributed by atoms with E-state index in [4.69, 9.17) is 21.0 Å². The normalized spacial score (nSPS) is 23.3. The Morgan fingerprint density at radius 1 is 1.17 bits per heavy atom. The predicted molar refractivity (Wildman–Crippen MR) is 119 cm³/mol. The topological polar surface area (TPSA) is 41.6 Å². The first kappa shape index (κ1) is 18.8. The standard InChI is InChI=1S/C23H22ClN3OS/c1-3-15-13-29-23-26-21(18-9-4-5-12-25-18)22(27(15)23)20-11-10-19(28-20)16-7-6-8-17(24)14(16)2/h4-12,15,21-22H,3,13H2,1-2H3/t15-,21-,22-/m1/s1. The van der Waals surface area contributed by atoms with Crippen LogP contribution < -0.4 is 0 Å². The summed E-state index contributed by atoms with van der Waals surface area (Å²) >= 11 is 8.17. The fraction of sp³-hybridized carbons (Fsp3) is 0.304. The average molecular weight is 424 g/mol. The highest BCUT2D eigenvalue weighted by atomic mass is 35.5. The number of thioether (sulfide) groups is 1. The van der Waals surface area contributed by atoms with Crippen molar-refractivity contribution in [2.75, 3.05) is 5.75 Å². The molecule has 3 atom stereocenters. The van der Waals surface area contributed by atoms with Gasteiger partial charge in [0.1, 0.15) is 23.6 Å². The van der Waals surface area contributed by atoms with Crippen LogP contribution in [0.2, 0.25) is 5.02 Å². The van der Waals surface area contributed by atoms with E-state index in [1.165, 1.54) is 0 Å². The Kier molecular flexibility index (Phi) is 4.88. The van der Waals surface area contributed by atoms with Crippen molar-refractivity contribution >= 4 is 28.5 Å². The van der Waals surface area contributed by atoms with Gasteiger partial charge in [-0.05, 0) is 49.2 Å². The van der Waals surface area contributed by atoms with E-state index in [1.54, 1.807) is 0 Å². The molecule has 5 rings (SSSR count). The average Bonchev–Trinajstić information content (AvgIpc) is 3.45. The molecular weight excluding hydrogens is 402 g/mol. The Morgan fingerprint density at radius 3 is 2.86 bits per heavy atom. The number of hydrogen-bond donors (Lipinski definition) is 0. The molecule has 0 N–H and O–H groups in total. The number of pyridine rings is 1. The Bertz CT molecular complexity index is 1060. The van der Waals surface area contributed by atoms with Crippen molar-refractivity contribution in [1.82, 2.24) is 9.88 Å². The summed E-state index contributed by atoms with van der Waals surface area (Å²) in [7, 11) is 0. The number of halogens is 1. The molecule has 4 nitrogen and oxygen atoms in total. The number of aromatic nitrogens is 1. The number of furan rings is 1. The summed E-state index contributed by atoms with van der Waals surface area (Å²) in [5, 5.41) is 1.86. The van der Waals surface area contributed by atoms with Gasteiger partial charge < -0.3 is 9.32 Å². The zero-order chi connectivity index (χ0) is 20.0. The number of hydrogen-bond acceptors (Lipinski definition) is 5. The monoisotopic (exact) mass is 423 g/mol. The second-order valence-corrected chi connectivity index (χ2v) is 8.85. The molecular formula is C23H22ClN3OS. The molecule has 1 aromatic carbocycles. The third kappa shape index (κ3) is 3.17. The largest absolute Gasteiger partial charge is 0.459 e. The van der Waals surface area contributed by atoms with Crippen LogP contribution in [0, 0.1) is 6.92 Å². The van der Waals surface area contributed by atoms with E-state index in [-0.39, 0.29) is 12.1 Å². The highest BCUT2D eigenvalue weighted by Crippen LogP contribution is 2.49. The number of aliphatic imine (C=N–C) groups is 1. The van der Waals surface area contributed by atoms with Crippen LogP contribution in [0.4, 0.5) is 0 Å². The van der Waals surface area contributed by atoms with E-state index in [9.17, 15) is 0 Å². The Morgan fingerprint density at radius 2 is 2.07 bits per heavy atom. The maximum atomic E-state index is 6.43. The zero-order valence-corrected chi connectivity index (χ0v) is 18.0. The van der Waals surface area contributed by atoms with Gasteiger partial charge in [0.05, 0.1) is 5.69 Å². The second kappa shape index (κ2) is 7.54. The fourth-order valence-corrected chi connectivity index (χ4v) is 5.70. The lowest BCUT2D eigenvalue weighted by Crippen LogP contribution is -2.35. The lowest BCUT2D eigenvalue weighted by molar-refractivity contribution is 0.226. The number of rotatable bonds is 4. The SMILES string of the molecule is CC[C@@H]1CSC2=N[C@H](c3ccccn3)[C@@H](c3ccc(-c4cccc(Cl)c4C)o3)N21. The van der Waals surface area contributed by atoms with Crippen LogP contribution in [0.15, 0.2) is 64.1 Å². The summed E-state index contributed by atoms with van der Waals surface area (Å²) < 4.78 is 6.43. The molecule has 2 aliphatic rings. The first-order chi connectivity index (χ1) is 14.2. The molecule has 0 amide bonds. The van der Waals surface area contributed by atoms with Gasteiger partial charge in [0, 0.05) is 28.6 Å². The van der Waals surface area contributed by atoms with E-state index in [0.29, 0.717) is 6.04 Å². The second-order valence-electron chi connectivity index (χ2n) is 7.45. The summed E-state index contributed by atoms with van der Waals surface area (Å²) in [4.78, 5) is 12.1. The highest BCUT2D eigenvalue weighted by molar-refractivity contribution is 8.14. The highest BCUT2D eigenvalue weighted by Gasteiger charge is 2.46. The zero-order valence-electron chi connectivity index (χ0n) is 16.4. The van der Waals surface area contributed by atoms with Crippen molar-refractivity contribution in [3.8, 4) is 11.3 Å². The van der Waals surface area contributed by atoms with E-state index in [0.717, 1.165) is 50.7 Å².